The number of rotatable bonds is 8. The molecule has 1 aliphatic heterocycles. The molecule has 5 nitrogen and oxygen atoms in total. The normalized spacial score (nSPS) is 21.3. The maximum Gasteiger partial charge on any atom is 0.416 e. The number of methoxy groups -OCH3 is 1. The van der Waals surface area contributed by atoms with Crippen LogP contribution in [0.5, 0.6) is 5.75 Å². The molecule has 1 saturated heterocycles. The highest BCUT2D eigenvalue weighted by Gasteiger charge is 2.42. The van der Waals surface area contributed by atoms with Gasteiger partial charge in [-0.1, -0.05) is 12.6 Å². The predicted octanol–water partition coefficient (Wildman–Crippen LogP) is 7.60. The molecule has 1 aromatic rings. The Bertz CT molecular complexity index is 1230. The third-order valence-electron chi connectivity index (χ3n) is 6.90. The van der Waals surface area contributed by atoms with E-state index in [1.807, 2.05) is 0 Å². The highest BCUT2D eigenvalue weighted by atomic mass is 19.4. The standard InChI is InChI=1S/C28H29F6NO4/c1-16(11-21(28(32,33)34)12-17(2)27(29,30)31)25-18(3)35(26(37)39-25)14-19-7-5-6-8-23(19)24-10-9-22(38-4)13-20(24)15-36/h9-13,15,18,25H,1,5-8,14H2,2-4H3/b17-12+,21-11+/t18-,25+/m0/s1. The van der Waals surface area contributed by atoms with Gasteiger partial charge in [0.15, 0.2) is 6.29 Å². The summed E-state index contributed by atoms with van der Waals surface area (Å²) in [6.07, 6.45) is -7.77. The summed E-state index contributed by atoms with van der Waals surface area (Å²) in [5.41, 5.74) is -0.331. The Hall–Kier alpha value is -3.50. The summed E-state index contributed by atoms with van der Waals surface area (Å²) in [7, 11) is 1.49. The van der Waals surface area contributed by atoms with Crippen LogP contribution < -0.4 is 4.74 Å². The molecular weight excluding hydrogens is 528 g/mol. The van der Waals surface area contributed by atoms with Gasteiger partial charge in [0.05, 0.1) is 18.7 Å². The van der Waals surface area contributed by atoms with E-state index in [1.165, 1.54) is 12.0 Å². The Morgan fingerprint density at radius 3 is 2.38 bits per heavy atom. The van der Waals surface area contributed by atoms with Crippen LogP contribution in [0.1, 0.15) is 55.5 Å². The molecule has 11 heteroatoms. The lowest BCUT2D eigenvalue weighted by Gasteiger charge is -2.27. The zero-order valence-electron chi connectivity index (χ0n) is 21.7. The van der Waals surface area contributed by atoms with E-state index in [4.69, 9.17) is 9.47 Å². The topological polar surface area (TPSA) is 55.8 Å². The van der Waals surface area contributed by atoms with Gasteiger partial charge < -0.3 is 9.47 Å². The smallest absolute Gasteiger partial charge is 0.416 e. The summed E-state index contributed by atoms with van der Waals surface area (Å²) in [5, 5.41) is 0. The van der Waals surface area contributed by atoms with Crippen molar-refractivity contribution < 1.29 is 45.4 Å². The molecule has 1 fully saturated rings. The van der Waals surface area contributed by atoms with Crippen LogP contribution in [0, 0.1) is 0 Å². The van der Waals surface area contributed by atoms with Crippen LogP contribution in [0.4, 0.5) is 31.1 Å². The highest BCUT2D eigenvalue weighted by Crippen LogP contribution is 2.38. The second-order valence-electron chi connectivity index (χ2n) is 9.53. The SMILES string of the molecule is C=C(/C=C(\C=C(/C)C(F)(F)F)C(F)(F)F)[C@H]1OC(=O)N(CC2=C(c3ccc(OC)cc3C=O)CCCC2)[C@H]1C. The maximum atomic E-state index is 13.5. The first kappa shape index (κ1) is 30.0. The number of benzene rings is 1. The molecule has 2 aliphatic rings. The van der Waals surface area contributed by atoms with Gasteiger partial charge in [-0.3, -0.25) is 9.69 Å². The van der Waals surface area contributed by atoms with Crippen molar-refractivity contribution in [3.05, 3.63) is 70.3 Å². The maximum absolute atomic E-state index is 13.5. The van der Waals surface area contributed by atoms with Crippen molar-refractivity contribution in [2.75, 3.05) is 13.7 Å². The first-order valence-electron chi connectivity index (χ1n) is 12.2. The number of ether oxygens (including phenoxy) is 2. The van der Waals surface area contributed by atoms with Crippen LogP contribution >= 0.6 is 0 Å². The fraction of sp³-hybridized carbons (Fsp3) is 0.429. The van der Waals surface area contributed by atoms with E-state index < -0.39 is 41.7 Å². The minimum atomic E-state index is -5.09. The number of allylic oxidation sites excluding steroid dienone is 4. The van der Waals surface area contributed by atoms with Gasteiger partial charge in [-0.05, 0) is 86.1 Å². The molecule has 0 unspecified atom stereocenters. The average Bonchev–Trinajstić information content (AvgIpc) is 3.15. The van der Waals surface area contributed by atoms with Crippen LogP contribution in [0.25, 0.3) is 5.57 Å². The van der Waals surface area contributed by atoms with E-state index in [9.17, 15) is 35.9 Å². The van der Waals surface area contributed by atoms with Crippen LogP contribution in [0.3, 0.4) is 0 Å². The zero-order chi connectivity index (χ0) is 29.1. The van der Waals surface area contributed by atoms with Gasteiger partial charge in [0.25, 0.3) is 0 Å². The van der Waals surface area contributed by atoms with E-state index in [0.29, 0.717) is 42.7 Å². The van der Waals surface area contributed by atoms with Crippen molar-refractivity contribution in [1.29, 1.82) is 0 Å². The minimum Gasteiger partial charge on any atom is -0.497 e. The second-order valence-corrected chi connectivity index (χ2v) is 9.53. The Kier molecular flexibility index (Phi) is 9.02. The molecule has 0 spiro atoms. The summed E-state index contributed by atoms with van der Waals surface area (Å²) in [6, 6.07) is 4.38. The van der Waals surface area contributed by atoms with Gasteiger partial charge >= 0.3 is 18.4 Å². The second kappa shape index (κ2) is 11.7. The zero-order valence-corrected chi connectivity index (χ0v) is 21.7. The Labute approximate surface area is 222 Å². The van der Waals surface area contributed by atoms with Gasteiger partial charge in [-0.15, -0.1) is 0 Å². The highest BCUT2D eigenvalue weighted by molar-refractivity contribution is 5.87. The number of hydrogen-bond acceptors (Lipinski definition) is 4. The largest absolute Gasteiger partial charge is 0.497 e. The van der Waals surface area contributed by atoms with Crippen molar-refractivity contribution in [1.82, 2.24) is 4.90 Å². The number of alkyl halides is 6. The Morgan fingerprint density at radius 2 is 1.79 bits per heavy atom. The summed E-state index contributed by atoms with van der Waals surface area (Å²) in [6.45, 7) is 5.80. The summed E-state index contributed by atoms with van der Waals surface area (Å²) >= 11 is 0. The molecule has 1 heterocycles. The first-order chi connectivity index (χ1) is 18.2. The van der Waals surface area contributed by atoms with Gasteiger partial charge in [-0.2, -0.15) is 26.3 Å². The third-order valence-corrected chi connectivity index (χ3v) is 6.90. The van der Waals surface area contributed by atoms with Crippen LogP contribution in [0.2, 0.25) is 0 Å². The summed E-state index contributed by atoms with van der Waals surface area (Å²) < 4.78 is 89.7. The summed E-state index contributed by atoms with van der Waals surface area (Å²) in [4.78, 5) is 25.9. The molecule has 1 amide bonds. The van der Waals surface area contributed by atoms with Crippen LogP contribution in [-0.2, 0) is 4.74 Å². The number of aldehydes is 1. The fourth-order valence-electron chi connectivity index (χ4n) is 4.71. The van der Waals surface area contributed by atoms with Gasteiger partial charge in [-0.25, -0.2) is 4.79 Å². The predicted molar refractivity (Wildman–Crippen MR) is 133 cm³/mol. The van der Waals surface area contributed by atoms with Gasteiger partial charge in [0.1, 0.15) is 11.9 Å². The van der Waals surface area contributed by atoms with E-state index in [1.54, 1.807) is 25.1 Å². The number of cyclic esters (lactones) is 1. The van der Waals surface area contributed by atoms with Gasteiger partial charge in [0, 0.05) is 17.7 Å². The molecule has 0 aromatic heterocycles. The van der Waals surface area contributed by atoms with E-state index >= 15 is 0 Å². The molecule has 1 aliphatic carbocycles. The first-order valence-corrected chi connectivity index (χ1v) is 12.2. The molecule has 2 atom stereocenters. The number of amides is 1. The molecule has 0 saturated carbocycles. The van der Waals surface area contributed by atoms with Crippen molar-refractivity contribution in [2.24, 2.45) is 0 Å². The molecule has 212 valence electrons. The van der Waals surface area contributed by atoms with E-state index in [0.717, 1.165) is 30.3 Å². The molecule has 1 aromatic carbocycles. The summed E-state index contributed by atoms with van der Waals surface area (Å²) in [5.74, 6) is 0.517. The Morgan fingerprint density at radius 1 is 1.13 bits per heavy atom. The Balaban J connectivity index is 1.91. The quantitative estimate of drug-likeness (QED) is 0.188. The average molecular weight is 558 g/mol. The number of hydrogen-bond donors (Lipinski definition) is 0. The van der Waals surface area contributed by atoms with Crippen molar-refractivity contribution in [3.8, 4) is 5.75 Å². The number of carbonyl (C=O) groups is 2. The van der Waals surface area contributed by atoms with Crippen molar-refractivity contribution in [3.63, 3.8) is 0 Å². The van der Waals surface area contributed by atoms with Gasteiger partial charge in [0.2, 0.25) is 0 Å². The molecule has 0 N–H and O–H groups in total. The van der Waals surface area contributed by atoms with Crippen molar-refractivity contribution in [2.45, 2.75) is 64.0 Å². The molecule has 0 radical (unpaired) electrons. The van der Waals surface area contributed by atoms with Crippen LogP contribution in [0.15, 0.2) is 59.2 Å². The molecule has 39 heavy (non-hydrogen) atoms. The lowest BCUT2D eigenvalue weighted by molar-refractivity contribution is -0.0954. The number of carbonyl (C=O) groups excluding carboxylic acids is 2. The lowest BCUT2D eigenvalue weighted by atomic mass is 9.85. The fourth-order valence-corrected chi connectivity index (χ4v) is 4.71. The number of halogens is 6. The lowest BCUT2D eigenvalue weighted by Crippen LogP contribution is -2.36. The molecular formula is C28H29F6NO4. The monoisotopic (exact) mass is 557 g/mol. The molecule has 0 bridgehead atoms. The van der Waals surface area contributed by atoms with E-state index in [2.05, 4.69) is 6.58 Å². The third kappa shape index (κ3) is 6.93. The number of nitrogens with zero attached hydrogens (tertiary/aromatic N) is 1. The van der Waals surface area contributed by atoms with Crippen LogP contribution in [-0.4, -0.2) is 55.4 Å². The molecule has 3 rings (SSSR count). The minimum absolute atomic E-state index is 0.00295. The van der Waals surface area contributed by atoms with Crippen molar-refractivity contribution >= 4 is 18.0 Å². The van der Waals surface area contributed by atoms with E-state index in [-0.39, 0.29) is 18.2 Å².